The van der Waals surface area contributed by atoms with Crippen LogP contribution in [0.25, 0.3) is 9.53 Å². The van der Waals surface area contributed by atoms with Crippen LogP contribution >= 0.6 is 22.7 Å². The van der Waals surface area contributed by atoms with Crippen molar-refractivity contribution in [3.8, 4) is 5.75 Å². The number of azo groups is 2. The number of thiazole rings is 1. The monoisotopic (exact) mass is 660 g/mol. The van der Waals surface area contributed by atoms with E-state index in [1.165, 1.54) is 28.4 Å². The van der Waals surface area contributed by atoms with Crippen LogP contribution in [0.4, 0.5) is 27.2 Å². The van der Waals surface area contributed by atoms with Gasteiger partial charge in [0, 0.05) is 31.3 Å². The minimum absolute atomic E-state index is 0.0601. The first-order chi connectivity index (χ1) is 22.4. The number of anilines is 1. The fraction of sp³-hybridized carbons (Fsp3) is 0.382. The van der Waals surface area contributed by atoms with Crippen LogP contribution in [0.1, 0.15) is 59.3 Å². The first-order valence-corrected chi connectivity index (χ1v) is 17.2. The number of hydrogen-bond donors (Lipinski definition) is 0. The number of carbonyl (C=O) groups is 2. The van der Waals surface area contributed by atoms with Crippen molar-refractivity contribution in [2.45, 2.75) is 65.4 Å². The van der Waals surface area contributed by atoms with Gasteiger partial charge in [0.25, 0.3) is 0 Å². The molecule has 0 amide bonds. The van der Waals surface area contributed by atoms with E-state index in [9.17, 15) is 9.59 Å². The minimum Gasteiger partial charge on any atom is -0.494 e. The maximum Gasteiger partial charge on any atom is 0.330 e. The van der Waals surface area contributed by atoms with Crippen molar-refractivity contribution in [2.75, 3.05) is 24.6 Å². The molecule has 10 nitrogen and oxygen atoms in total. The molecule has 4 rings (SSSR count). The fourth-order valence-corrected chi connectivity index (χ4v) is 6.40. The standard InChI is InChI=1S/C34H40N6O4S2/c1-5-32(42)44-24(4)29(41)13-11-9-8-10-12-22-43-28-20-16-26(17-21-28)36-38-31-23-30-33(46-31)35-34(45-30)39-37-25-14-18-27(19-15-25)40(6-2)7-3/h5,14-21,23-24H,1,6-13,22H2,2-4H3. The molecule has 0 radical (unpaired) electrons. The highest BCUT2D eigenvalue weighted by atomic mass is 32.1. The molecule has 1 atom stereocenters. The van der Waals surface area contributed by atoms with Crippen molar-refractivity contribution in [1.29, 1.82) is 0 Å². The molecule has 0 spiro atoms. The number of unbranched alkanes of at least 4 members (excludes halogenated alkanes) is 4. The second-order valence-corrected chi connectivity index (χ2v) is 12.5. The third kappa shape index (κ3) is 10.7. The van der Waals surface area contributed by atoms with Crippen molar-refractivity contribution >= 4 is 71.2 Å². The lowest BCUT2D eigenvalue weighted by atomic mass is 10.1. The molecule has 46 heavy (non-hydrogen) atoms. The quantitative estimate of drug-likeness (QED) is 0.0427. The number of rotatable bonds is 19. The van der Waals surface area contributed by atoms with E-state index in [0.29, 0.717) is 18.2 Å². The second-order valence-electron chi connectivity index (χ2n) is 10.4. The smallest absolute Gasteiger partial charge is 0.330 e. The summed E-state index contributed by atoms with van der Waals surface area (Å²) in [6.07, 6.45) is 5.46. The zero-order chi connectivity index (χ0) is 32.7. The summed E-state index contributed by atoms with van der Waals surface area (Å²) in [5.74, 6) is 0.157. The summed E-state index contributed by atoms with van der Waals surface area (Å²) >= 11 is 2.94. The van der Waals surface area contributed by atoms with Gasteiger partial charge in [-0.3, -0.25) is 4.79 Å². The molecule has 4 aromatic rings. The number of ether oxygens (including phenoxy) is 2. The molecular formula is C34H40N6O4S2. The Bertz CT molecular complexity index is 1590. The summed E-state index contributed by atoms with van der Waals surface area (Å²) < 4.78 is 11.8. The van der Waals surface area contributed by atoms with E-state index in [-0.39, 0.29) is 5.78 Å². The van der Waals surface area contributed by atoms with Gasteiger partial charge in [-0.2, -0.15) is 0 Å². The van der Waals surface area contributed by atoms with E-state index in [1.807, 2.05) is 42.5 Å². The molecule has 2 aromatic carbocycles. The number of aromatic nitrogens is 1. The molecule has 0 saturated heterocycles. The number of nitrogens with zero attached hydrogens (tertiary/aromatic N) is 6. The van der Waals surface area contributed by atoms with E-state index >= 15 is 0 Å². The molecule has 2 heterocycles. The molecule has 0 aliphatic carbocycles. The topological polar surface area (TPSA) is 118 Å². The number of benzene rings is 2. The van der Waals surface area contributed by atoms with Gasteiger partial charge in [0.15, 0.2) is 11.9 Å². The van der Waals surface area contributed by atoms with E-state index in [4.69, 9.17) is 9.47 Å². The molecule has 0 N–H and O–H groups in total. The van der Waals surface area contributed by atoms with Gasteiger partial charge < -0.3 is 14.4 Å². The first kappa shape index (κ1) is 34.6. The molecule has 0 aliphatic rings. The van der Waals surface area contributed by atoms with Crippen LogP contribution in [-0.2, 0) is 14.3 Å². The van der Waals surface area contributed by atoms with E-state index < -0.39 is 12.1 Å². The van der Waals surface area contributed by atoms with E-state index in [0.717, 1.165) is 82.9 Å². The van der Waals surface area contributed by atoms with Crippen molar-refractivity contribution in [1.82, 2.24) is 4.98 Å². The largest absolute Gasteiger partial charge is 0.494 e. The summed E-state index contributed by atoms with van der Waals surface area (Å²) in [4.78, 5) is 30.9. The zero-order valence-corrected chi connectivity index (χ0v) is 28.2. The summed E-state index contributed by atoms with van der Waals surface area (Å²) in [5.41, 5.74) is 2.71. The highest BCUT2D eigenvalue weighted by Gasteiger charge is 2.15. The predicted octanol–water partition coefficient (Wildman–Crippen LogP) is 10.4. The number of thiophene rings is 1. The van der Waals surface area contributed by atoms with Gasteiger partial charge in [0.05, 0.1) is 22.7 Å². The van der Waals surface area contributed by atoms with Gasteiger partial charge in [-0.15, -0.1) is 20.5 Å². The Morgan fingerprint density at radius 1 is 0.891 bits per heavy atom. The number of esters is 1. The third-order valence-electron chi connectivity index (χ3n) is 7.14. The molecule has 2 aromatic heterocycles. The van der Waals surface area contributed by atoms with Gasteiger partial charge in [-0.25, -0.2) is 9.78 Å². The Kier molecular flexibility index (Phi) is 13.5. The lowest BCUT2D eigenvalue weighted by Gasteiger charge is -2.20. The number of ketones is 1. The van der Waals surface area contributed by atoms with Crippen LogP contribution in [0.5, 0.6) is 5.75 Å². The highest BCUT2D eigenvalue weighted by Crippen LogP contribution is 2.39. The van der Waals surface area contributed by atoms with E-state index in [1.54, 1.807) is 6.92 Å². The summed E-state index contributed by atoms with van der Waals surface area (Å²) in [6, 6.07) is 17.6. The highest BCUT2D eigenvalue weighted by molar-refractivity contribution is 7.30. The van der Waals surface area contributed by atoms with Crippen molar-refractivity contribution in [3.05, 3.63) is 67.3 Å². The third-order valence-corrected chi connectivity index (χ3v) is 9.07. The minimum atomic E-state index is -0.720. The fourth-order valence-electron chi connectivity index (χ4n) is 4.55. The van der Waals surface area contributed by atoms with Crippen LogP contribution in [0, 0.1) is 0 Å². The number of hydrogen-bond acceptors (Lipinski definition) is 12. The van der Waals surface area contributed by atoms with Crippen molar-refractivity contribution in [3.63, 3.8) is 0 Å². The molecule has 0 fully saturated rings. The first-order valence-electron chi connectivity index (χ1n) is 15.6. The summed E-state index contributed by atoms with van der Waals surface area (Å²) in [5, 5.41) is 18.8. The molecule has 12 heteroatoms. The Morgan fingerprint density at radius 2 is 1.54 bits per heavy atom. The van der Waals surface area contributed by atoms with Crippen molar-refractivity contribution < 1.29 is 19.1 Å². The SMILES string of the molecule is C=CC(=O)OC(C)C(=O)CCCCCCCOc1ccc(N=Nc2cc3sc(N=Nc4ccc(N(CC)CC)cc4)nc3s2)cc1. The Hall–Kier alpha value is -4.29. The van der Waals surface area contributed by atoms with Crippen LogP contribution in [0.3, 0.4) is 0 Å². The second kappa shape index (κ2) is 18.0. The molecule has 0 bridgehead atoms. The van der Waals surface area contributed by atoms with Crippen molar-refractivity contribution in [2.24, 2.45) is 20.5 Å². The molecular weight excluding hydrogens is 621 g/mol. The predicted molar refractivity (Wildman–Crippen MR) is 186 cm³/mol. The molecule has 0 aliphatic heterocycles. The average Bonchev–Trinajstić information content (AvgIpc) is 3.64. The van der Waals surface area contributed by atoms with Gasteiger partial charge >= 0.3 is 5.97 Å². The molecule has 0 saturated carbocycles. The zero-order valence-electron chi connectivity index (χ0n) is 26.6. The number of carbonyl (C=O) groups excluding carboxylic acids is 2. The Morgan fingerprint density at radius 3 is 2.22 bits per heavy atom. The van der Waals surface area contributed by atoms with Crippen LogP contribution in [-0.4, -0.2) is 42.5 Å². The lowest BCUT2D eigenvalue weighted by molar-refractivity contribution is -0.149. The Labute approximate surface area is 277 Å². The Balaban J connectivity index is 1.14. The number of fused-ring (bicyclic) bond motifs is 1. The lowest BCUT2D eigenvalue weighted by Crippen LogP contribution is -2.23. The average molecular weight is 661 g/mol. The summed E-state index contributed by atoms with van der Waals surface area (Å²) in [6.45, 7) is 11.8. The maximum atomic E-state index is 12.0. The van der Waals surface area contributed by atoms with Gasteiger partial charge in [0.1, 0.15) is 15.6 Å². The molecule has 242 valence electrons. The maximum absolute atomic E-state index is 12.0. The normalized spacial score (nSPS) is 12.2. The van der Waals surface area contributed by atoms with Crippen LogP contribution in [0.15, 0.2) is 87.7 Å². The number of Topliss-reactive ketones (excluding diaryl/α,β-unsaturated/α-hetero) is 1. The van der Waals surface area contributed by atoms with Crippen LogP contribution < -0.4 is 9.64 Å². The van der Waals surface area contributed by atoms with Crippen LogP contribution in [0.2, 0.25) is 0 Å². The summed E-state index contributed by atoms with van der Waals surface area (Å²) in [7, 11) is 0. The molecule has 1 unspecified atom stereocenters. The van der Waals surface area contributed by atoms with Gasteiger partial charge in [-0.05, 0) is 88.2 Å². The van der Waals surface area contributed by atoms with Gasteiger partial charge in [-0.1, -0.05) is 48.5 Å². The van der Waals surface area contributed by atoms with Gasteiger partial charge in [0.2, 0.25) is 5.13 Å². The van der Waals surface area contributed by atoms with E-state index in [2.05, 4.69) is 62.9 Å².